The minimum absolute atomic E-state index is 0.499. The van der Waals surface area contributed by atoms with Crippen molar-refractivity contribution in [2.24, 2.45) is 0 Å². The molecule has 1 aromatic carbocycles. The second kappa shape index (κ2) is 6.31. The summed E-state index contributed by atoms with van der Waals surface area (Å²) in [5, 5.41) is 23.7. The zero-order valence-electron chi connectivity index (χ0n) is 9.84. The highest BCUT2D eigenvalue weighted by Gasteiger charge is 2.06. The lowest BCUT2D eigenvalue weighted by molar-refractivity contribution is 0.174. The van der Waals surface area contributed by atoms with Crippen molar-refractivity contribution in [3.63, 3.8) is 0 Å². The molecule has 2 rings (SSSR count). The minimum Gasteiger partial charge on any atom is -0.387 e. The summed E-state index contributed by atoms with van der Waals surface area (Å²) >= 11 is 1.55. The molecule has 0 bridgehead atoms. The molecule has 1 aromatic heterocycles. The standard InChI is InChI=1S/C14H14N2OS/c15-7-11-6-13(18-10-11)8-16-9-14(17)12-4-2-1-3-5-12/h1-6,10,14,16-17H,8-9H2. The van der Waals surface area contributed by atoms with Crippen LogP contribution in [0, 0.1) is 11.3 Å². The second-order valence-corrected chi connectivity index (χ2v) is 4.97. The van der Waals surface area contributed by atoms with Crippen molar-refractivity contribution in [3.05, 3.63) is 57.8 Å². The Bertz CT molecular complexity index is 530. The van der Waals surface area contributed by atoms with Crippen LogP contribution in [0.15, 0.2) is 41.8 Å². The molecule has 3 nitrogen and oxygen atoms in total. The number of aliphatic hydroxyl groups excluding tert-OH is 1. The van der Waals surface area contributed by atoms with E-state index in [1.54, 1.807) is 11.3 Å². The Morgan fingerprint density at radius 2 is 2.11 bits per heavy atom. The van der Waals surface area contributed by atoms with Gasteiger partial charge in [-0.15, -0.1) is 11.3 Å². The number of benzene rings is 1. The van der Waals surface area contributed by atoms with Crippen molar-refractivity contribution in [1.82, 2.24) is 5.32 Å². The molecule has 0 saturated heterocycles. The number of rotatable bonds is 5. The van der Waals surface area contributed by atoms with E-state index in [9.17, 15) is 5.11 Å². The molecule has 0 radical (unpaired) electrons. The van der Waals surface area contributed by atoms with Gasteiger partial charge < -0.3 is 10.4 Å². The van der Waals surface area contributed by atoms with Crippen LogP contribution in [-0.4, -0.2) is 11.7 Å². The fraction of sp³-hybridized carbons (Fsp3) is 0.214. The highest BCUT2D eigenvalue weighted by atomic mass is 32.1. The third-order valence-corrected chi connectivity index (χ3v) is 3.54. The third kappa shape index (κ3) is 3.41. The molecule has 0 spiro atoms. The van der Waals surface area contributed by atoms with E-state index >= 15 is 0 Å². The number of thiophene rings is 1. The average Bonchev–Trinajstić information content (AvgIpc) is 2.87. The lowest BCUT2D eigenvalue weighted by Gasteiger charge is -2.11. The summed E-state index contributed by atoms with van der Waals surface area (Å²) in [7, 11) is 0. The van der Waals surface area contributed by atoms with Gasteiger partial charge in [-0.3, -0.25) is 0 Å². The molecule has 1 unspecified atom stereocenters. The van der Waals surface area contributed by atoms with Gasteiger partial charge in [-0.05, 0) is 11.6 Å². The van der Waals surface area contributed by atoms with E-state index in [-0.39, 0.29) is 0 Å². The number of nitriles is 1. The highest BCUT2D eigenvalue weighted by Crippen LogP contribution is 2.14. The van der Waals surface area contributed by atoms with Crippen molar-refractivity contribution in [2.45, 2.75) is 12.6 Å². The molecule has 2 aromatic rings. The first-order valence-electron chi connectivity index (χ1n) is 5.71. The predicted molar refractivity (Wildman–Crippen MR) is 72.1 cm³/mol. The SMILES string of the molecule is N#Cc1csc(CNCC(O)c2ccccc2)c1. The summed E-state index contributed by atoms with van der Waals surface area (Å²) < 4.78 is 0. The summed E-state index contributed by atoms with van der Waals surface area (Å²) in [5.74, 6) is 0. The van der Waals surface area contributed by atoms with Crippen LogP contribution in [0.3, 0.4) is 0 Å². The van der Waals surface area contributed by atoms with Crippen LogP contribution >= 0.6 is 11.3 Å². The van der Waals surface area contributed by atoms with Gasteiger partial charge in [0.05, 0.1) is 11.7 Å². The molecule has 0 aliphatic carbocycles. The minimum atomic E-state index is -0.499. The lowest BCUT2D eigenvalue weighted by Crippen LogP contribution is -2.20. The number of aliphatic hydroxyl groups is 1. The Labute approximate surface area is 110 Å². The topological polar surface area (TPSA) is 56.0 Å². The predicted octanol–water partition coefficient (Wildman–Crippen LogP) is 2.44. The Balaban J connectivity index is 1.80. The molecular formula is C14H14N2OS. The summed E-state index contributed by atoms with van der Waals surface area (Å²) in [5.41, 5.74) is 1.61. The first kappa shape index (κ1) is 12.8. The van der Waals surface area contributed by atoms with Crippen molar-refractivity contribution < 1.29 is 5.11 Å². The van der Waals surface area contributed by atoms with Gasteiger partial charge >= 0.3 is 0 Å². The zero-order valence-corrected chi connectivity index (χ0v) is 10.7. The Kier molecular flexibility index (Phi) is 4.48. The molecule has 0 aliphatic heterocycles. The van der Waals surface area contributed by atoms with Gasteiger partial charge in [-0.2, -0.15) is 5.26 Å². The second-order valence-electron chi connectivity index (χ2n) is 3.97. The van der Waals surface area contributed by atoms with E-state index in [1.165, 1.54) is 0 Å². The largest absolute Gasteiger partial charge is 0.387 e. The fourth-order valence-corrected chi connectivity index (χ4v) is 2.44. The zero-order chi connectivity index (χ0) is 12.8. The first-order valence-corrected chi connectivity index (χ1v) is 6.59. The van der Waals surface area contributed by atoms with Crippen LogP contribution in [0.1, 0.15) is 22.1 Å². The van der Waals surface area contributed by atoms with Crippen LogP contribution in [0.4, 0.5) is 0 Å². The molecule has 0 fully saturated rings. The van der Waals surface area contributed by atoms with Gasteiger partial charge in [-0.1, -0.05) is 30.3 Å². The molecule has 4 heteroatoms. The van der Waals surface area contributed by atoms with Crippen LogP contribution in [0.25, 0.3) is 0 Å². The van der Waals surface area contributed by atoms with Gasteiger partial charge in [0.25, 0.3) is 0 Å². The van der Waals surface area contributed by atoms with Crippen LogP contribution in [0.2, 0.25) is 0 Å². The molecule has 2 N–H and O–H groups in total. The fourth-order valence-electron chi connectivity index (χ4n) is 1.66. The quantitative estimate of drug-likeness (QED) is 0.866. The van der Waals surface area contributed by atoms with Gasteiger partial charge in [-0.25, -0.2) is 0 Å². The first-order chi connectivity index (χ1) is 8.79. The third-order valence-electron chi connectivity index (χ3n) is 2.60. The highest BCUT2D eigenvalue weighted by molar-refractivity contribution is 7.10. The molecule has 18 heavy (non-hydrogen) atoms. The molecule has 1 atom stereocenters. The lowest BCUT2D eigenvalue weighted by atomic mass is 10.1. The van der Waals surface area contributed by atoms with Gasteiger partial charge in [0.15, 0.2) is 0 Å². The van der Waals surface area contributed by atoms with Crippen molar-refractivity contribution in [3.8, 4) is 6.07 Å². The number of nitrogens with one attached hydrogen (secondary N) is 1. The molecule has 92 valence electrons. The molecule has 0 amide bonds. The average molecular weight is 258 g/mol. The van der Waals surface area contributed by atoms with Crippen LogP contribution in [0.5, 0.6) is 0 Å². The summed E-state index contributed by atoms with van der Waals surface area (Å²) in [6, 6.07) is 13.5. The van der Waals surface area contributed by atoms with E-state index in [0.717, 1.165) is 10.4 Å². The Hall–Kier alpha value is -1.67. The monoisotopic (exact) mass is 258 g/mol. The van der Waals surface area contributed by atoms with E-state index in [1.807, 2.05) is 41.8 Å². The molecule has 1 heterocycles. The maximum Gasteiger partial charge on any atom is 0.100 e. The molecule has 0 aliphatic rings. The van der Waals surface area contributed by atoms with Gasteiger partial charge in [0, 0.05) is 23.3 Å². The van der Waals surface area contributed by atoms with Crippen molar-refractivity contribution in [2.75, 3.05) is 6.54 Å². The van der Waals surface area contributed by atoms with E-state index in [0.29, 0.717) is 18.7 Å². The van der Waals surface area contributed by atoms with Crippen LogP contribution in [-0.2, 0) is 6.54 Å². The summed E-state index contributed by atoms with van der Waals surface area (Å²) in [6.45, 7) is 1.18. The molecular weight excluding hydrogens is 244 g/mol. The molecule has 0 saturated carbocycles. The smallest absolute Gasteiger partial charge is 0.100 e. The van der Waals surface area contributed by atoms with Crippen molar-refractivity contribution in [1.29, 1.82) is 5.26 Å². The van der Waals surface area contributed by atoms with Crippen LogP contribution < -0.4 is 5.32 Å². The summed E-state index contributed by atoms with van der Waals surface area (Å²) in [6.07, 6.45) is -0.499. The maximum atomic E-state index is 9.94. The maximum absolute atomic E-state index is 9.94. The van der Waals surface area contributed by atoms with Gasteiger partial charge in [0.1, 0.15) is 6.07 Å². The summed E-state index contributed by atoms with van der Waals surface area (Å²) in [4.78, 5) is 1.10. The Morgan fingerprint density at radius 3 is 2.78 bits per heavy atom. The van der Waals surface area contributed by atoms with E-state index in [2.05, 4.69) is 11.4 Å². The number of nitrogens with zero attached hydrogens (tertiary/aromatic N) is 1. The normalized spacial score (nSPS) is 12.0. The van der Waals surface area contributed by atoms with E-state index in [4.69, 9.17) is 5.26 Å². The number of hydrogen-bond acceptors (Lipinski definition) is 4. The van der Waals surface area contributed by atoms with Crippen molar-refractivity contribution >= 4 is 11.3 Å². The Morgan fingerprint density at radius 1 is 1.33 bits per heavy atom. The van der Waals surface area contributed by atoms with E-state index < -0.39 is 6.10 Å². The number of hydrogen-bond donors (Lipinski definition) is 2. The van der Waals surface area contributed by atoms with Gasteiger partial charge in [0.2, 0.25) is 0 Å².